The van der Waals surface area contributed by atoms with E-state index in [1.807, 2.05) is 19.1 Å². The van der Waals surface area contributed by atoms with Crippen molar-refractivity contribution in [2.75, 3.05) is 13.1 Å². The van der Waals surface area contributed by atoms with Crippen LogP contribution in [0, 0.1) is 5.82 Å². The molecule has 2 aromatic carbocycles. The zero-order valence-corrected chi connectivity index (χ0v) is 14.8. The average molecular weight is 354 g/mol. The van der Waals surface area contributed by atoms with Gasteiger partial charge in [-0.2, -0.15) is 0 Å². The van der Waals surface area contributed by atoms with Gasteiger partial charge in [0, 0.05) is 25.2 Å². The van der Waals surface area contributed by atoms with Gasteiger partial charge in [-0.15, -0.1) is 0 Å². The Labute approximate surface area is 153 Å². The van der Waals surface area contributed by atoms with Crippen molar-refractivity contribution in [3.63, 3.8) is 0 Å². The van der Waals surface area contributed by atoms with E-state index in [1.54, 1.807) is 30.3 Å². The molecule has 1 heterocycles. The zero-order chi connectivity index (χ0) is 18.5. The summed E-state index contributed by atoms with van der Waals surface area (Å²) >= 11 is 0. The molecule has 0 saturated carbocycles. The van der Waals surface area contributed by atoms with E-state index in [9.17, 15) is 14.3 Å². The Morgan fingerprint density at radius 1 is 1.23 bits per heavy atom. The van der Waals surface area contributed by atoms with Crippen molar-refractivity contribution in [1.29, 1.82) is 0 Å². The van der Waals surface area contributed by atoms with Gasteiger partial charge in [-0.25, -0.2) is 4.39 Å². The van der Waals surface area contributed by atoms with Gasteiger partial charge >= 0.3 is 0 Å². The number of phenols is 1. The lowest BCUT2D eigenvalue weighted by Gasteiger charge is -2.31. The molecule has 0 radical (unpaired) electrons. The lowest BCUT2D eigenvalue weighted by molar-refractivity contribution is -0.125. The highest BCUT2D eigenvalue weighted by Gasteiger charge is 2.23. The second kappa shape index (κ2) is 8.15. The molecular formula is C21H23FN2O2. The summed E-state index contributed by atoms with van der Waals surface area (Å²) in [6.45, 7) is 3.53. The highest BCUT2D eigenvalue weighted by molar-refractivity contribution is 5.81. The van der Waals surface area contributed by atoms with E-state index in [-0.39, 0.29) is 30.1 Å². The fourth-order valence-electron chi connectivity index (χ4n) is 3.11. The lowest BCUT2D eigenvalue weighted by atomic mass is 9.98. The molecule has 2 aromatic rings. The van der Waals surface area contributed by atoms with E-state index in [0.29, 0.717) is 12.1 Å². The molecule has 26 heavy (non-hydrogen) atoms. The zero-order valence-electron chi connectivity index (χ0n) is 14.8. The number of hydrogen-bond donors (Lipinski definition) is 2. The third kappa shape index (κ3) is 4.29. The summed E-state index contributed by atoms with van der Waals surface area (Å²) in [4.78, 5) is 14.5. The van der Waals surface area contributed by atoms with E-state index in [2.05, 4.69) is 16.3 Å². The first-order valence-electron chi connectivity index (χ1n) is 8.78. The maximum absolute atomic E-state index is 13.6. The lowest BCUT2D eigenvalue weighted by Crippen LogP contribution is -2.46. The summed E-state index contributed by atoms with van der Waals surface area (Å²) in [6, 6.07) is 13.4. The first-order valence-corrected chi connectivity index (χ1v) is 8.78. The molecule has 3 rings (SSSR count). The summed E-state index contributed by atoms with van der Waals surface area (Å²) in [7, 11) is 0. The molecule has 5 heteroatoms. The second-order valence-corrected chi connectivity index (χ2v) is 6.51. The maximum atomic E-state index is 13.6. The monoisotopic (exact) mass is 354 g/mol. The standard InChI is InChI=1S/C21H23FN2O2/c1-15(21(26)23-14-18-4-2-3-5-20(18)22)24-12-10-17(11-13-24)16-6-8-19(25)9-7-16/h2-10,15,25H,11-14H2,1H3,(H,23,26)/t15-/m0/s1. The van der Waals surface area contributed by atoms with Gasteiger partial charge in [-0.05, 0) is 42.7 Å². The van der Waals surface area contributed by atoms with Crippen molar-refractivity contribution in [3.05, 3.63) is 71.6 Å². The Hall–Kier alpha value is -2.66. The molecule has 0 saturated heterocycles. The molecule has 1 aliphatic rings. The van der Waals surface area contributed by atoms with Gasteiger partial charge in [0.2, 0.25) is 5.91 Å². The van der Waals surface area contributed by atoms with Crippen LogP contribution in [0.5, 0.6) is 5.75 Å². The van der Waals surface area contributed by atoms with E-state index >= 15 is 0 Å². The van der Waals surface area contributed by atoms with Crippen LogP contribution in [0.2, 0.25) is 0 Å². The molecule has 0 aliphatic carbocycles. The molecule has 0 unspecified atom stereocenters. The van der Waals surface area contributed by atoms with Crippen molar-refractivity contribution in [1.82, 2.24) is 10.2 Å². The summed E-state index contributed by atoms with van der Waals surface area (Å²) < 4.78 is 13.6. The van der Waals surface area contributed by atoms with Crippen molar-refractivity contribution in [2.24, 2.45) is 0 Å². The van der Waals surface area contributed by atoms with E-state index in [1.165, 1.54) is 11.6 Å². The molecule has 1 atom stereocenters. The van der Waals surface area contributed by atoms with Crippen LogP contribution >= 0.6 is 0 Å². The summed E-state index contributed by atoms with van der Waals surface area (Å²) in [5.74, 6) is -0.151. The molecule has 4 nitrogen and oxygen atoms in total. The molecule has 136 valence electrons. The number of carbonyl (C=O) groups is 1. The van der Waals surface area contributed by atoms with Gasteiger partial charge < -0.3 is 10.4 Å². The summed E-state index contributed by atoms with van der Waals surface area (Å²) in [5, 5.41) is 12.2. The van der Waals surface area contributed by atoms with Crippen molar-refractivity contribution >= 4 is 11.5 Å². The van der Waals surface area contributed by atoms with Crippen LogP contribution in [0.4, 0.5) is 4.39 Å². The predicted octanol–water partition coefficient (Wildman–Crippen LogP) is 3.33. The van der Waals surface area contributed by atoms with Crippen molar-refractivity contribution in [2.45, 2.75) is 25.9 Å². The highest BCUT2D eigenvalue weighted by Crippen LogP contribution is 2.24. The van der Waals surface area contributed by atoms with Crippen LogP contribution in [0.25, 0.3) is 5.57 Å². The fraction of sp³-hybridized carbons (Fsp3) is 0.286. The quantitative estimate of drug-likeness (QED) is 0.866. The topological polar surface area (TPSA) is 52.6 Å². The molecule has 0 bridgehead atoms. The van der Waals surface area contributed by atoms with E-state index in [0.717, 1.165) is 18.5 Å². The number of nitrogens with zero attached hydrogens (tertiary/aromatic N) is 1. The van der Waals surface area contributed by atoms with Crippen LogP contribution in [-0.4, -0.2) is 35.0 Å². The Balaban J connectivity index is 1.55. The first kappa shape index (κ1) is 18.1. The van der Waals surface area contributed by atoms with Gasteiger partial charge in [-0.3, -0.25) is 9.69 Å². The third-order valence-corrected chi connectivity index (χ3v) is 4.82. The molecular weight excluding hydrogens is 331 g/mol. The highest BCUT2D eigenvalue weighted by atomic mass is 19.1. The van der Waals surface area contributed by atoms with Crippen LogP contribution in [-0.2, 0) is 11.3 Å². The van der Waals surface area contributed by atoms with Crippen molar-refractivity contribution in [3.8, 4) is 5.75 Å². The van der Waals surface area contributed by atoms with Crippen LogP contribution < -0.4 is 5.32 Å². The Kier molecular flexibility index (Phi) is 5.68. The van der Waals surface area contributed by atoms with Crippen LogP contribution in [0.15, 0.2) is 54.6 Å². The Bertz CT molecular complexity index is 802. The van der Waals surface area contributed by atoms with E-state index < -0.39 is 0 Å². The van der Waals surface area contributed by atoms with Gasteiger partial charge in [0.1, 0.15) is 11.6 Å². The minimum absolute atomic E-state index is 0.102. The molecule has 1 aliphatic heterocycles. The summed E-state index contributed by atoms with van der Waals surface area (Å²) in [5.41, 5.74) is 2.81. The number of halogens is 1. The number of benzene rings is 2. The largest absolute Gasteiger partial charge is 0.508 e. The van der Waals surface area contributed by atoms with Crippen LogP contribution in [0.3, 0.4) is 0 Å². The first-order chi connectivity index (χ1) is 12.5. The van der Waals surface area contributed by atoms with Gasteiger partial charge in [0.05, 0.1) is 6.04 Å². The molecule has 2 N–H and O–H groups in total. The SMILES string of the molecule is C[C@@H](C(=O)NCc1ccccc1F)N1CC=C(c2ccc(O)cc2)CC1. The number of hydrogen-bond acceptors (Lipinski definition) is 3. The predicted molar refractivity (Wildman–Crippen MR) is 100.0 cm³/mol. The molecule has 0 aromatic heterocycles. The fourth-order valence-corrected chi connectivity index (χ4v) is 3.11. The third-order valence-electron chi connectivity index (χ3n) is 4.82. The van der Waals surface area contributed by atoms with Gasteiger partial charge in [0.25, 0.3) is 0 Å². The smallest absolute Gasteiger partial charge is 0.237 e. The minimum atomic E-state index is -0.306. The number of carbonyl (C=O) groups excluding carboxylic acids is 1. The van der Waals surface area contributed by atoms with Gasteiger partial charge in [0.15, 0.2) is 0 Å². The Morgan fingerprint density at radius 2 is 1.96 bits per heavy atom. The minimum Gasteiger partial charge on any atom is -0.508 e. The normalized spacial score (nSPS) is 16.0. The second-order valence-electron chi connectivity index (χ2n) is 6.51. The van der Waals surface area contributed by atoms with Crippen molar-refractivity contribution < 1.29 is 14.3 Å². The van der Waals surface area contributed by atoms with E-state index in [4.69, 9.17) is 0 Å². The average Bonchev–Trinajstić information content (AvgIpc) is 2.67. The maximum Gasteiger partial charge on any atom is 0.237 e. The summed E-state index contributed by atoms with van der Waals surface area (Å²) in [6.07, 6.45) is 2.96. The Morgan fingerprint density at radius 3 is 2.62 bits per heavy atom. The number of amides is 1. The number of phenolic OH excluding ortho intramolecular Hbond substituents is 1. The molecule has 0 spiro atoms. The van der Waals surface area contributed by atoms with Crippen LogP contribution in [0.1, 0.15) is 24.5 Å². The molecule has 1 amide bonds. The molecule has 0 fully saturated rings. The number of rotatable bonds is 5. The number of nitrogens with one attached hydrogen (secondary N) is 1. The van der Waals surface area contributed by atoms with Gasteiger partial charge in [-0.1, -0.05) is 36.4 Å². The number of aromatic hydroxyl groups is 1.